The van der Waals surface area contributed by atoms with Crippen molar-refractivity contribution in [3.63, 3.8) is 0 Å². The van der Waals surface area contributed by atoms with E-state index in [0.717, 1.165) is 64.2 Å². The van der Waals surface area contributed by atoms with Crippen LogP contribution in [0.3, 0.4) is 0 Å². The second-order valence-corrected chi connectivity index (χ2v) is 20.8. The molecule has 0 aliphatic carbocycles. The number of hydrogen-bond donors (Lipinski definition) is 7. The van der Waals surface area contributed by atoms with Gasteiger partial charge in [0.25, 0.3) is 0 Å². The van der Waals surface area contributed by atoms with Gasteiger partial charge in [-0.05, 0) is 44.9 Å². The summed E-state index contributed by atoms with van der Waals surface area (Å²) in [6.45, 7) is 3.70. The molecule has 0 bridgehead atoms. The van der Waals surface area contributed by atoms with Crippen molar-refractivity contribution in [2.75, 3.05) is 33.0 Å². The highest BCUT2D eigenvalue weighted by Crippen LogP contribution is 2.27. The molecule has 2 saturated heterocycles. The van der Waals surface area contributed by atoms with Crippen molar-refractivity contribution in [3.05, 3.63) is 24.3 Å². The topological polar surface area (TPSA) is 214 Å². The molecule has 2 fully saturated rings. The fourth-order valence-corrected chi connectivity index (χ4v) is 9.44. The molecule has 11 unspecified atom stereocenters. The van der Waals surface area contributed by atoms with Crippen molar-refractivity contribution < 1.29 is 69.0 Å². The highest BCUT2D eigenvalue weighted by Gasteiger charge is 2.47. The van der Waals surface area contributed by atoms with Crippen molar-refractivity contribution in [1.82, 2.24) is 0 Å². The predicted molar refractivity (Wildman–Crippen MR) is 284 cm³/mol. The molecule has 0 spiro atoms. The van der Waals surface area contributed by atoms with Crippen molar-refractivity contribution in [3.8, 4) is 0 Å². The Kier molecular flexibility index (Phi) is 42.2. The Balaban J connectivity index is 1.70. The summed E-state index contributed by atoms with van der Waals surface area (Å²) in [4.78, 5) is 13.1. The first-order valence-electron chi connectivity index (χ1n) is 29.4. The summed E-state index contributed by atoms with van der Waals surface area (Å²) in [5.74, 6) is -0.385. The van der Waals surface area contributed by atoms with Gasteiger partial charge in [0.1, 0.15) is 54.9 Å². The van der Waals surface area contributed by atoms with Crippen LogP contribution in [0.5, 0.6) is 0 Å². The van der Waals surface area contributed by atoms with E-state index in [2.05, 4.69) is 38.2 Å². The van der Waals surface area contributed by atoms with E-state index in [1.54, 1.807) is 0 Å². The molecule has 424 valence electrons. The average Bonchev–Trinajstić information content (AvgIpc) is 3.38. The van der Waals surface area contributed by atoms with Crippen molar-refractivity contribution >= 4 is 5.97 Å². The Labute approximate surface area is 437 Å². The Hall–Kier alpha value is -1.53. The summed E-state index contributed by atoms with van der Waals surface area (Å²) in [5.41, 5.74) is 0. The zero-order valence-electron chi connectivity index (χ0n) is 45.4. The lowest BCUT2D eigenvalue weighted by Crippen LogP contribution is -2.61. The molecule has 7 N–H and O–H groups in total. The lowest BCUT2D eigenvalue weighted by atomic mass is 9.98. The van der Waals surface area contributed by atoms with E-state index in [0.29, 0.717) is 13.0 Å². The van der Waals surface area contributed by atoms with Crippen molar-refractivity contribution in [2.24, 2.45) is 0 Å². The summed E-state index contributed by atoms with van der Waals surface area (Å²) in [7, 11) is 0. The number of hydrogen-bond acceptors (Lipinski definition) is 14. The third-order valence-corrected chi connectivity index (χ3v) is 14.2. The number of allylic oxidation sites excluding steroid dienone is 4. The Morgan fingerprint density at radius 3 is 1.35 bits per heavy atom. The number of aliphatic hydroxyl groups is 7. The summed E-state index contributed by atoms with van der Waals surface area (Å²) in [6.07, 6.45) is 35.3. The maximum atomic E-state index is 13.1. The quantitative estimate of drug-likeness (QED) is 0.0172. The van der Waals surface area contributed by atoms with Gasteiger partial charge in [0.2, 0.25) is 0 Å². The van der Waals surface area contributed by atoms with E-state index >= 15 is 0 Å². The van der Waals surface area contributed by atoms with Crippen molar-refractivity contribution in [1.29, 1.82) is 0 Å². The molecule has 0 aromatic carbocycles. The largest absolute Gasteiger partial charge is 0.457 e. The van der Waals surface area contributed by atoms with Gasteiger partial charge in [0.05, 0.1) is 26.4 Å². The van der Waals surface area contributed by atoms with Crippen LogP contribution in [0.15, 0.2) is 24.3 Å². The molecule has 2 aliphatic heterocycles. The molecule has 72 heavy (non-hydrogen) atoms. The van der Waals surface area contributed by atoms with E-state index in [4.69, 9.17) is 28.4 Å². The molecule has 0 aromatic rings. The van der Waals surface area contributed by atoms with Gasteiger partial charge in [-0.3, -0.25) is 4.79 Å². The maximum absolute atomic E-state index is 13.1. The van der Waals surface area contributed by atoms with Gasteiger partial charge in [0, 0.05) is 13.0 Å². The standard InChI is InChI=1S/C58H108O14/c1-3-5-7-9-11-13-15-17-19-21-22-23-24-25-26-28-30-32-34-36-38-40-42-67-44-47(70-50(60)41-39-37-35-33-31-29-27-20-18-16-14-12-10-8-6-4-2)45-68-57-56(66)54(64)52(62)49(72-57)46-69-58-55(65)53(63)51(61)48(43-59)71-58/h14,16,20,27,47-49,51-59,61-66H,3-13,15,17-19,21-26,28-46H2,1-2H3/b16-14-,27-20-. The van der Waals surface area contributed by atoms with E-state index in [-0.39, 0.29) is 25.6 Å². The number of carbonyl (C=O) groups excluding carboxylic acids is 1. The Bertz CT molecular complexity index is 1290. The summed E-state index contributed by atoms with van der Waals surface area (Å²) in [5, 5.41) is 72.3. The van der Waals surface area contributed by atoms with Crippen LogP contribution in [0.25, 0.3) is 0 Å². The smallest absolute Gasteiger partial charge is 0.306 e. The zero-order valence-corrected chi connectivity index (χ0v) is 45.4. The van der Waals surface area contributed by atoms with Crippen LogP contribution >= 0.6 is 0 Å². The summed E-state index contributed by atoms with van der Waals surface area (Å²) >= 11 is 0. The highest BCUT2D eigenvalue weighted by atomic mass is 16.7. The molecule has 14 heteroatoms. The Morgan fingerprint density at radius 1 is 0.458 bits per heavy atom. The zero-order chi connectivity index (χ0) is 52.3. The molecule has 2 rings (SSSR count). The average molecular weight is 1030 g/mol. The first-order valence-corrected chi connectivity index (χ1v) is 29.4. The third kappa shape index (κ3) is 32.1. The van der Waals surface area contributed by atoms with Crippen molar-refractivity contribution in [2.45, 2.75) is 306 Å². The molecule has 0 aromatic heterocycles. The van der Waals surface area contributed by atoms with E-state index < -0.39 is 80.7 Å². The molecule has 0 amide bonds. The minimum atomic E-state index is -1.71. The Morgan fingerprint density at radius 2 is 0.861 bits per heavy atom. The molecular formula is C58H108O14. The lowest BCUT2D eigenvalue weighted by Gasteiger charge is -2.42. The number of aliphatic hydroxyl groups excluding tert-OH is 7. The number of unbranched alkanes of at least 4 members (excludes halogenated alkanes) is 30. The van der Waals surface area contributed by atoms with E-state index in [9.17, 15) is 40.5 Å². The molecular weight excluding hydrogens is 921 g/mol. The van der Waals surface area contributed by atoms with Crippen LogP contribution in [-0.4, -0.2) is 142 Å². The first-order chi connectivity index (χ1) is 35.1. The van der Waals surface area contributed by atoms with E-state index in [1.807, 2.05) is 0 Å². The van der Waals surface area contributed by atoms with Crippen LogP contribution < -0.4 is 0 Å². The van der Waals surface area contributed by atoms with Gasteiger partial charge in [0.15, 0.2) is 12.6 Å². The molecule has 0 saturated carbocycles. The monoisotopic (exact) mass is 1030 g/mol. The second kappa shape index (κ2) is 45.6. The molecule has 0 radical (unpaired) electrons. The number of rotatable bonds is 48. The second-order valence-electron chi connectivity index (χ2n) is 20.8. The molecule has 14 nitrogen and oxygen atoms in total. The maximum Gasteiger partial charge on any atom is 0.306 e. The normalized spacial score (nSPS) is 25.2. The van der Waals surface area contributed by atoms with Gasteiger partial charge < -0.3 is 64.2 Å². The SMILES string of the molecule is CCCCCC/C=C\C/C=C\CCCCCCCC(=O)OC(COCCCCCCCCCCCCCCCCCCCCCCCC)COC1OC(COC2OC(CO)C(O)C(O)C2O)C(O)C(O)C1O. The molecule has 2 heterocycles. The fraction of sp³-hybridized carbons (Fsp3) is 0.914. The van der Waals surface area contributed by atoms with Gasteiger partial charge in [-0.15, -0.1) is 0 Å². The summed E-state index contributed by atoms with van der Waals surface area (Å²) in [6, 6.07) is 0. The molecule has 2 aliphatic rings. The predicted octanol–water partition coefficient (Wildman–Crippen LogP) is 10.4. The van der Waals surface area contributed by atoms with E-state index in [1.165, 1.54) is 148 Å². The van der Waals surface area contributed by atoms with Crippen LogP contribution in [0.1, 0.15) is 239 Å². The van der Waals surface area contributed by atoms with Gasteiger partial charge >= 0.3 is 5.97 Å². The van der Waals surface area contributed by atoms with Crippen LogP contribution in [0.4, 0.5) is 0 Å². The van der Waals surface area contributed by atoms with Crippen LogP contribution in [-0.2, 0) is 33.2 Å². The first kappa shape index (κ1) is 66.6. The molecule has 11 atom stereocenters. The summed E-state index contributed by atoms with van der Waals surface area (Å²) < 4.78 is 34.4. The fourth-order valence-electron chi connectivity index (χ4n) is 9.44. The van der Waals surface area contributed by atoms with Gasteiger partial charge in [-0.25, -0.2) is 0 Å². The lowest BCUT2D eigenvalue weighted by molar-refractivity contribution is -0.332. The number of carbonyl (C=O) groups is 1. The van der Waals surface area contributed by atoms with Crippen LogP contribution in [0, 0.1) is 0 Å². The minimum absolute atomic E-state index is 0.0604. The van der Waals surface area contributed by atoms with Gasteiger partial charge in [-0.2, -0.15) is 0 Å². The minimum Gasteiger partial charge on any atom is -0.457 e. The number of ether oxygens (including phenoxy) is 6. The highest BCUT2D eigenvalue weighted by molar-refractivity contribution is 5.69. The van der Waals surface area contributed by atoms with Crippen LogP contribution in [0.2, 0.25) is 0 Å². The number of esters is 1. The third-order valence-electron chi connectivity index (χ3n) is 14.2. The van der Waals surface area contributed by atoms with Gasteiger partial charge in [-0.1, -0.05) is 212 Å².